The number of aryl methyl sites for hydroxylation is 1. The average molecular weight is 182 g/mol. The van der Waals surface area contributed by atoms with Crippen LogP contribution in [0.15, 0.2) is 9.53 Å². The van der Waals surface area contributed by atoms with Gasteiger partial charge in [0.15, 0.2) is 0 Å². The van der Waals surface area contributed by atoms with Crippen LogP contribution in [0.1, 0.15) is 5.89 Å². The molecule has 0 atom stereocenters. The van der Waals surface area contributed by atoms with Crippen molar-refractivity contribution in [1.29, 1.82) is 0 Å². The predicted molar refractivity (Wildman–Crippen MR) is 41.7 cm³/mol. The molecule has 8 heteroatoms. The highest BCUT2D eigenvalue weighted by Gasteiger charge is 2.05. The number of hydrogen-bond donors (Lipinski definition) is 1. The SMILES string of the molecule is Cc1nnc(NC(=O)CN=[N+]=[N-])o1. The fraction of sp³-hybridized carbons (Fsp3) is 0.400. The molecule has 1 aromatic heterocycles. The lowest BCUT2D eigenvalue weighted by molar-refractivity contribution is -0.115. The van der Waals surface area contributed by atoms with E-state index in [1.807, 2.05) is 0 Å². The van der Waals surface area contributed by atoms with Gasteiger partial charge < -0.3 is 4.42 Å². The molecule has 0 saturated heterocycles. The first-order chi connectivity index (χ1) is 6.22. The molecule has 0 bridgehead atoms. The van der Waals surface area contributed by atoms with Gasteiger partial charge in [0.1, 0.15) is 6.54 Å². The summed E-state index contributed by atoms with van der Waals surface area (Å²) in [7, 11) is 0. The Kier molecular flexibility index (Phi) is 2.82. The Bertz CT molecular complexity index is 352. The van der Waals surface area contributed by atoms with Crippen LogP contribution in [-0.4, -0.2) is 22.6 Å². The van der Waals surface area contributed by atoms with Crippen LogP contribution in [0, 0.1) is 6.92 Å². The van der Waals surface area contributed by atoms with Crippen LogP contribution in [0.3, 0.4) is 0 Å². The van der Waals surface area contributed by atoms with Crippen LogP contribution < -0.4 is 5.32 Å². The molecule has 1 aromatic rings. The summed E-state index contributed by atoms with van der Waals surface area (Å²) in [5.41, 5.74) is 7.91. The van der Waals surface area contributed by atoms with Gasteiger partial charge in [0, 0.05) is 11.8 Å². The number of carbonyl (C=O) groups excluding carboxylic acids is 1. The summed E-state index contributed by atoms with van der Waals surface area (Å²) in [5, 5.41) is 12.3. The lowest BCUT2D eigenvalue weighted by Gasteiger charge is -1.93. The van der Waals surface area contributed by atoms with Crippen molar-refractivity contribution < 1.29 is 9.21 Å². The Labute approximate surface area is 72.6 Å². The maximum absolute atomic E-state index is 10.9. The number of hydrogen-bond acceptors (Lipinski definition) is 5. The van der Waals surface area contributed by atoms with E-state index in [1.54, 1.807) is 6.92 Å². The summed E-state index contributed by atoms with van der Waals surface area (Å²) in [5.74, 6) is -0.152. The van der Waals surface area contributed by atoms with E-state index in [0.29, 0.717) is 5.89 Å². The number of nitrogens with one attached hydrogen (secondary N) is 1. The van der Waals surface area contributed by atoms with Crippen LogP contribution >= 0.6 is 0 Å². The van der Waals surface area contributed by atoms with Crippen molar-refractivity contribution >= 4 is 11.9 Å². The van der Waals surface area contributed by atoms with Gasteiger partial charge in [-0.05, 0) is 5.53 Å². The number of nitrogens with zero attached hydrogens (tertiary/aromatic N) is 5. The highest BCUT2D eigenvalue weighted by Crippen LogP contribution is 2.02. The van der Waals surface area contributed by atoms with E-state index in [9.17, 15) is 4.79 Å². The maximum Gasteiger partial charge on any atom is 0.322 e. The third kappa shape index (κ3) is 2.80. The first-order valence-electron chi connectivity index (χ1n) is 3.33. The van der Waals surface area contributed by atoms with E-state index in [1.165, 1.54) is 0 Å². The molecular formula is C5H6N6O2. The lowest BCUT2D eigenvalue weighted by atomic mass is 10.6. The van der Waals surface area contributed by atoms with Gasteiger partial charge in [-0.2, -0.15) is 0 Å². The molecular weight excluding hydrogens is 176 g/mol. The molecule has 0 saturated carbocycles. The number of azide groups is 1. The molecule has 8 nitrogen and oxygen atoms in total. The number of carbonyl (C=O) groups is 1. The molecule has 1 rings (SSSR count). The summed E-state index contributed by atoms with van der Waals surface area (Å²) in [4.78, 5) is 13.3. The van der Waals surface area contributed by atoms with Crippen LogP contribution in [0.25, 0.3) is 10.4 Å². The molecule has 68 valence electrons. The van der Waals surface area contributed by atoms with Gasteiger partial charge in [-0.3, -0.25) is 10.1 Å². The number of rotatable bonds is 3. The third-order valence-electron chi connectivity index (χ3n) is 1.05. The molecule has 0 aliphatic rings. The molecule has 0 aliphatic heterocycles. The minimum atomic E-state index is -0.499. The highest BCUT2D eigenvalue weighted by atomic mass is 16.4. The van der Waals surface area contributed by atoms with Gasteiger partial charge in [-0.1, -0.05) is 10.2 Å². The Morgan fingerprint density at radius 1 is 1.77 bits per heavy atom. The average Bonchev–Trinajstić information content (AvgIpc) is 2.48. The Balaban J connectivity index is 2.49. The second kappa shape index (κ2) is 4.07. The fourth-order valence-electron chi connectivity index (χ4n) is 0.602. The van der Waals surface area contributed by atoms with Crippen molar-refractivity contribution in [2.24, 2.45) is 5.11 Å². The quantitative estimate of drug-likeness (QED) is 0.419. The molecule has 13 heavy (non-hydrogen) atoms. The van der Waals surface area contributed by atoms with Gasteiger partial charge >= 0.3 is 6.01 Å². The van der Waals surface area contributed by atoms with Crippen LogP contribution in [0.5, 0.6) is 0 Å². The second-order valence-electron chi connectivity index (χ2n) is 2.06. The van der Waals surface area contributed by atoms with Crippen molar-refractivity contribution in [2.45, 2.75) is 6.92 Å². The number of amides is 1. The summed E-state index contributed by atoms with van der Waals surface area (Å²) in [6, 6.07) is -0.00404. The van der Waals surface area contributed by atoms with Crippen LogP contribution in [-0.2, 0) is 4.79 Å². The zero-order valence-electron chi connectivity index (χ0n) is 6.76. The van der Waals surface area contributed by atoms with Crippen LogP contribution in [0.4, 0.5) is 6.01 Å². The predicted octanol–water partition coefficient (Wildman–Crippen LogP) is 0.627. The van der Waals surface area contributed by atoms with E-state index in [-0.39, 0.29) is 12.6 Å². The molecule has 1 amide bonds. The van der Waals surface area contributed by atoms with Gasteiger partial charge in [0.05, 0.1) is 0 Å². The molecule has 0 aliphatic carbocycles. The van der Waals surface area contributed by atoms with Crippen molar-refractivity contribution in [3.8, 4) is 0 Å². The van der Waals surface area contributed by atoms with Crippen molar-refractivity contribution in [2.75, 3.05) is 11.9 Å². The summed E-state index contributed by atoms with van der Waals surface area (Å²) in [6.07, 6.45) is 0. The third-order valence-corrected chi connectivity index (χ3v) is 1.05. The number of anilines is 1. The monoisotopic (exact) mass is 182 g/mol. The van der Waals surface area contributed by atoms with E-state index >= 15 is 0 Å². The standard InChI is InChI=1S/C5H6N6O2/c1-3-9-10-5(13-3)8-4(12)2-7-11-6/h2H2,1H3,(H,8,10,12). The Morgan fingerprint density at radius 3 is 3.08 bits per heavy atom. The first kappa shape index (κ1) is 9.01. The second-order valence-corrected chi connectivity index (χ2v) is 2.06. The topological polar surface area (TPSA) is 117 Å². The molecule has 0 aromatic carbocycles. The molecule has 0 fully saturated rings. The lowest BCUT2D eigenvalue weighted by Crippen LogP contribution is -2.14. The summed E-state index contributed by atoms with van der Waals surface area (Å²) in [6.45, 7) is 1.30. The van der Waals surface area contributed by atoms with Crippen molar-refractivity contribution in [1.82, 2.24) is 10.2 Å². The van der Waals surface area contributed by atoms with E-state index in [2.05, 4.69) is 25.5 Å². The van der Waals surface area contributed by atoms with Crippen molar-refractivity contribution in [3.63, 3.8) is 0 Å². The smallest absolute Gasteiger partial charge is 0.322 e. The van der Waals surface area contributed by atoms with Gasteiger partial charge in [0.25, 0.3) is 0 Å². The van der Waals surface area contributed by atoms with E-state index in [4.69, 9.17) is 9.95 Å². The van der Waals surface area contributed by atoms with Gasteiger partial charge in [-0.25, -0.2) is 0 Å². The molecule has 0 radical (unpaired) electrons. The zero-order valence-corrected chi connectivity index (χ0v) is 6.76. The molecule has 1 heterocycles. The largest absolute Gasteiger partial charge is 0.408 e. The van der Waals surface area contributed by atoms with Gasteiger partial charge in [0.2, 0.25) is 11.8 Å². The minimum absolute atomic E-state index is 0.00404. The Hall–Kier alpha value is -2.08. The van der Waals surface area contributed by atoms with E-state index in [0.717, 1.165) is 0 Å². The molecule has 0 unspecified atom stereocenters. The first-order valence-corrected chi connectivity index (χ1v) is 3.33. The summed E-state index contributed by atoms with van der Waals surface area (Å²) < 4.78 is 4.85. The summed E-state index contributed by atoms with van der Waals surface area (Å²) >= 11 is 0. The fourth-order valence-corrected chi connectivity index (χ4v) is 0.602. The normalized spacial score (nSPS) is 9.00. The van der Waals surface area contributed by atoms with Crippen molar-refractivity contribution in [3.05, 3.63) is 16.3 Å². The van der Waals surface area contributed by atoms with Crippen LogP contribution in [0.2, 0.25) is 0 Å². The van der Waals surface area contributed by atoms with Gasteiger partial charge in [-0.15, -0.1) is 5.10 Å². The zero-order chi connectivity index (χ0) is 9.68. The maximum atomic E-state index is 10.9. The van der Waals surface area contributed by atoms with E-state index < -0.39 is 5.91 Å². The Morgan fingerprint density at radius 2 is 2.54 bits per heavy atom. The molecule has 1 N–H and O–H groups in total. The minimum Gasteiger partial charge on any atom is -0.408 e. The molecule has 0 spiro atoms. The number of aromatic nitrogens is 2. The highest BCUT2D eigenvalue weighted by molar-refractivity contribution is 5.90.